The molecule has 0 bridgehead atoms. The molecule has 26 heavy (non-hydrogen) atoms. The molecule has 132 valence electrons. The number of benzene rings is 2. The van der Waals surface area contributed by atoms with Gasteiger partial charge in [-0.2, -0.15) is 0 Å². The summed E-state index contributed by atoms with van der Waals surface area (Å²) in [5.41, 5.74) is 1.84. The minimum Gasteiger partial charge on any atom is -0.387 e. The summed E-state index contributed by atoms with van der Waals surface area (Å²) in [5.74, 6) is -0.771. The van der Waals surface area contributed by atoms with Crippen molar-refractivity contribution in [1.29, 1.82) is 0 Å². The Morgan fingerprint density at radius 1 is 1.15 bits per heavy atom. The Kier molecular flexibility index (Phi) is 5.55. The van der Waals surface area contributed by atoms with Crippen molar-refractivity contribution in [2.45, 2.75) is 0 Å². The number of aromatic amines is 1. The fraction of sp³-hybridized carbons (Fsp3) is 0.0556. The molecule has 0 radical (unpaired) electrons. The van der Waals surface area contributed by atoms with E-state index < -0.39 is 5.91 Å². The van der Waals surface area contributed by atoms with Crippen molar-refractivity contribution in [2.75, 3.05) is 11.9 Å². The third kappa shape index (κ3) is 4.22. The van der Waals surface area contributed by atoms with Crippen LogP contribution < -0.4 is 5.32 Å². The number of nitrogens with zero attached hydrogens (tertiary/aromatic N) is 1. The Hall–Kier alpha value is -2.83. The lowest BCUT2D eigenvalue weighted by Gasteiger charge is -2.03. The molecule has 3 aromatic rings. The van der Waals surface area contributed by atoms with Gasteiger partial charge >= 0.3 is 0 Å². The van der Waals surface area contributed by atoms with Gasteiger partial charge in [0.05, 0.1) is 10.0 Å². The number of rotatable bonds is 6. The Bertz CT molecular complexity index is 998. The number of para-hydroxylation sites is 1. The van der Waals surface area contributed by atoms with Crippen LogP contribution in [-0.4, -0.2) is 29.5 Å². The number of carbonyl (C=O) groups is 2. The summed E-state index contributed by atoms with van der Waals surface area (Å²) in [7, 11) is 0. The number of amides is 1. The molecule has 2 aromatic carbocycles. The van der Waals surface area contributed by atoms with Gasteiger partial charge in [0.2, 0.25) is 5.78 Å². The van der Waals surface area contributed by atoms with Gasteiger partial charge in [0.15, 0.2) is 6.61 Å². The van der Waals surface area contributed by atoms with Gasteiger partial charge in [-0.15, -0.1) is 0 Å². The highest BCUT2D eigenvalue weighted by Crippen LogP contribution is 2.24. The molecule has 0 fully saturated rings. The van der Waals surface area contributed by atoms with Crippen LogP contribution in [-0.2, 0) is 9.63 Å². The largest absolute Gasteiger partial charge is 0.387 e. The number of anilines is 1. The molecule has 2 N–H and O–H groups in total. The Morgan fingerprint density at radius 2 is 1.96 bits per heavy atom. The highest BCUT2D eigenvalue weighted by atomic mass is 35.5. The van der Waals surface area contributed by atoms with Crippen LogP contribution in [0.2, 0.25) is 10.0 Å². The summed E-state index contributed by atoms with van der Waals surface area (Å²) in [4.78, 5) is 31.9. The van der Waals surface area contributed by atoms with E-state index >= 15 is 0 Å². The lowest BCUT2D eigenvalue weighted by Crippen LogP contribution is -2.13. The maximum atomic E-state index is 12.2. The van der Waals surface area contributed by atoms with E-state index in [-0.39, 0.29) is 12.4 Å². The van der Waals surface area contributed by atoms with E-state index in [1.54, 1.807) is 18.3 Å². The van der Waals surface area contributed by atoms with Gasteiger partial charge < -0.3 is 15.1 Å². The molecule has 0 aliphatic rings. The second-order valence-electron chi connectivity index (χ2n) is 5.30. The van der Waals surface area contributed by atoms with Crippen molar-refractivity contribution < 1.29 is 14.4 Å². The Labute approximate surface area is 158 Å². The average Bonchev–Trinajstić information content (AvgIpc) is 3.06. The zero-order chi connectivity index (χ0) is 18.5. The molecule has 8 heteroatoms. The van der Waals surface area contributed by atoms with E-state index in [1.165, 1.54) is 6.07 Å². The van der Waals surface area contributed by atoms with Crippen LogP contribution in [0.15, 0.2) is 53.8 Å². The van der Waals surface area contributed by atoms with E-state index in [9.17, 15) is 9.59 Å². The highest BCUT2D eigenvalue weighted by molar-refractivity contribution is 6.42. The second-order valence-corrected chi connectivity index (χ2v) is 6.11. The molecule has 1 aromatic heterocycles. The normalized spacial score (nSPS) is 11.0. The maximum absolute atomic E-state index is 12.2. The van der Waals surface area contributed by atoms with Crippen LogP contribution in [0, 0.1) is 0 Å². The average molecular weight is 390 g/mol. The number of carbonyl (C=O) groups excluding carboxylic acids is 2. The summed E-state index contributed by atoms with van der Waals surface area (Å²) < 4.78 is 0. The number of hydrogen-bond donors (Lipinski definition) is 2. The minimum atomic E-state index is -0.525. The molecule has 6 nitrogen and oxygen atoms in total. The molecule has 0 aliphatic carbocycles. The van der Waals surface area contributed by atoms with Crippen molar-refractivity contribution in [3.05, 3.63) is 64.3 Å². The van der Waals surface area contributed by atoms with Gasteiger partial charge in [-0.25, -0.2) is 0 Å². The molecule has 1 amide bonds. The van der Waals surface area contributed by atoms with Crippen LogP contribution in [0.1, 0.15) is 10.4 Å². The molecule has 0 saturated heterocycles. The molecule has 1 heterocycles. The number of halogens is 2. The van der Waals surface area contributed by atoms with E-state index in [0.717, 1.165) is 17.1 Å². The summed E-state index contributed by atoms with van der Waals surface area (Å²) >= 11 is 11.7. The van der Waals surface area contributed by atoms with E-state index in [0.29, 0.717) is 21.3 Å². The molecule has 0 spiro atoms. The first-order chi connectivity index (χ1) is 12.5. The van der Waals surface area contributed by atoms with Crippen molar-refractivity contribution in [3.8, 4) is 0 Å². The SMILES string of the molecule is O=C(/C=N/OCC(=O)c1c[nH]c2ccccc12)Nc1ccc(Cl)c(Cl)c1. The first-order valence-electron chi connectivity index (χ1n) is 7.55. The fourth-order valence-electron chi connectivity index (χ4n) is 2.31. The minimum absolute atomic E-state index is 0.246. The predicted molar refractivity (Wildman–Crippen MR) is 102 cm³/mol. The third-order valence-corrected chi connectivity index (χ3v) is 4.26. The number of hydrogen-bond acceptors (Lipinski definition) is 4. The topological polar surface area (TPSA) is 83.5 Å². The molecule has 0 aliphatic heterocycles. The van der Waals surface area contributed by atoms with Crippen LogP contribution in [0.25, 0.3) is 10.9 Å². The van der Waals surface area contributed by atoms with Gasteiger partial charge in [0, 0.05) is 28.4 Å². The van der Waals surface area contributed by atoms with Crippen molar-refractivity contribution in [3.63, 3.8) is 0 Å². The monoisotopic (exact) mass is 389 g/mol. The first kappa shape index (κ1) is 18.0. The van der Waals surface area contributed by atoms with Gasteiger partial charge in [0.1, 0.15) is 6.21 Å². The zero-order valence-electron chi connectivity index (χ0n) is 13.3. The lowest BCUT2D eigenvalue weighted by molar-refractivity contribution is -0.110. The van der Waals surface area contributed by atoms with Crippen LogP contribution in [0.4, 0.5) is 5.69 Å². The van der Waals surface area contributed by atoms with Crippen molar-refractivity contribution >= 4 is 57.7 Å². The maximum Gasteiger partial charge on any atom is 0.270 e. The van der Waals surface area contributed by atoms with Crippen molar-refractivity contribution in [1.82, 2.24) is 4.98 Å². The summed E-state index contributed by atoms with van der Waals surface area (Å²) in [6, 6.07) is 12.1. The number of oxime groups is 1. The van der Waals surface area contributed by atoms with Gasteiger partial charge in [-0.05, 0) is 24.3 Å². The predicted octanol–water partition coefficient (Wildman–Crippen LogP) is 4.30. The summed E-state index contributed by atoms with van der Waals surface area (Å²) in [6.07, 6.45) is 2.56. The zero-order valence-corrected chi connectivity index (χ0v) is 14.8. The molecule has 0 atom stereocenters. The van der Waals surface area contributed by atoms with Crippen LogP contribution in [0.5, 0.6) is 0 Å². The number of H-pyrrole nitrogens is 1. The lowest BCUT2D eigenvalue weighted by atomic mass is 10.1. The fourth-order valence-corrected chi connectivity index (χ4v) is 2.61. The molecular weight excluding hydrogens is 377 g/mol. The van der Waals surface area contributed by atoms with E-state index in [2.05, 4.69) is 15.5 Å². The number of ketones is 1. The molecular formula is C18H13Cl2N3O3. The van der Waals surface area contributed by atoms with Gasteiger partial charge in [0.25, 0.3) is 5.91 Å². The standard InChI is InChI=1S/C18H13Cl2N3O3/c19-14-6-5-11(7-15(14)20)23-18(25)9-22-26-10-17(24)13-8-21-16-4-2-1-3-12(13)16/h1-9,21H,10H2,(H,23,25)/b22-9+. The van der Waals surface area contributed by atoms with E-state index in [1.807, 2.05) is 24.3 Å². The Balaban J connectivity index is 1.53. The highest BCUT2D eigenvalue weighted by Gasteiger charge is 2.12. The number of fused-ring (bicyclic) bond motifs is 1. The van der Waals surface area contributed by atoms with E-state index in [4.69, 9.17) is 28.0 Å². The quantitative estimate of drug-likeness (QED) is 0.374. The number of aromatic nitrogens is 1. The number of nitrogens with one attached hydrogen (secondary N) is 2. The first-order valence-corrected chi connectivity index (χ1v) is 8.31. The smallest absolute Gasteiger partial charge is 0.270 e. The molecule has 0 unspecified atom stereocenters. The molecule has 0 saturated carbocycles. The van der Waals surface area contributed by atoms with Crippen LogP contribution >= 0.6 is 23.2 Å². The Morgan fingerprint density at radius 3 is 2.77 bits per heavy atom. The molecule has 3 rings (SSSR count). The second kappa shape index (κ2) is 8.03. The van der Waals surface area contributed by atoms with Gasteiger partial charge in [-0.3, -0.25) is 9.59 Å². The number of Topliss-reactive ketones (excluding diaryl/α,β-unsaturated/α-hetero) is 1. The summed E-state index contributed by atoms with van der Waals surface area (Å²) in [6.45, 7) is -0.279. The van der Waals surface area contributed by atoms with Crippen LogP contribution in [0.3, 0.4) is 0 Å². The van der Waals surface area contributed by atoms with Crippen molar-refractivity contribution in [2.24, 2.45) is 5.16 Å². The van der Waals surface area contributed by atoms with Gasteiger partial charge in [-0.1, -0.05) is 46.6 Å². The third-order valence-electron chi connectivity index (χ3n) is 3.52. The summed E-state index contributed by atoms with van der Waals surface area (Å²) in [5, 5.41) is 7.57.